The Bertz CT molecular complexity index is 1610. The van der Waals surface area contributed by atoms with E-state index in [-0.39, 0.29) is 54.7 Å². The third kappa shape index (κ3) is 5.45. The van der Waals surface area contributed by atoms with Crippen LogP contribution in [0.1, 0.15) is 46.4 Å². The number of thiophene rings is 1. The van der Waals surface area contributed by atoms with Crippen LogP contribution < -0.4 is 4.74 Å². The van der Waals surface area contributed by atoms with Gasteiger partial charge in [-0.3, -0.25) is 9.58 Å². The minimum atomic E-state index is -0.845. The van der Waals surface area contributed by atoms with Gasteiger partial charge < -0.3 is 19.3 Å². The molecule has 41 heavy (non-hydrogen) atoms. The number of carbonyl (C=O) groups is 1. The van der Waals surface area contributed by atoms with Crippen molar-refractivity contribution < 1.29 is 32.9 Å². The number of aromatic hydroxyl groups is 1. The van der Waals surface area contributed by atoms with Gasteiger partial charge in [0, 0.05) is 29.5 Å². The lowest BCUT2D eigenvalue weighted by Gasteiger charge is -2.39. The lowest BCUT2D eigenvalue weighted by molar-refractivity contribution is 0.00410. The number of aromatic nitrogens is 3. The summed E-state index contributed by atoms with van der Waals surface area (Å²) < 4.78 is 48.8. The molecule has 0 bridgehead atoms. The van der Waals surface area contributed by atoms with Gasteiger partial charge in [0.05, 0.1) is 41.9 Å². The summed E-state index contributed by atoms with van der Waals surface area (Å²) in [5.74, 6) is -1.91. The average Bonchev–Trinajstić information content (AvgIpc) is 3.54. The van der Waals surface area contributed by atoms with Crippen LogP contribution in [0.2, 0.25) is 0 Å². The second kappa shape index (κ2) is 10.9. The van der Waals surface area contributed by atoms with Gasteiger partial charge in [-0.1, -0.05) is 0 Å². The summed E-state index contributed by atoms with van der Waals surface area (Å²) in [5.41, 5.74) is 0.934. The zero-order valence-electron chi connectivity index (χ0n) is 23.7. The molecule has 0 saturated heterocycles. The predicted octanol–water partition coefficient (Wildman–Crippen LogP) is 6.54. The molecule has 9 nitrogen and oxygen atoms in total. The highest BCUT2D eigenvalue weighted by Gasteiger charge is 2.36. The number of hydrogen-bond donors (Lipinski definition) is 1. The van der Waals surface area contributed by atoms with Gasteiger partial charge in [0.25, 0.3) is 0 Å². The van der Waals surface area contributed by atoms with Crippen LogP contribution in [0.25, 0.3) is 32.6 Å². The van der Waals surface area contributed by atoms with Crippen LogP contribution in [0, 0.1) is 11.6 Å². The molecular formula is C29H32F2N4O5S. The maximum absolute atomic E-state index is 15.6. The van der Waals surface area contributed by atoms with E-state index < -0.39 is 23.3 Å². The Morgan fingerprint density at radius 2 is 1.90 bits per heavy atom. The van der Waals surface area contributed by atoms with E-state index in [1.165, 1.54) is 18.4 Å². The van der Waals surface area contributed by atoms with Gasteiger partial charge in [-0.05, 0) is 52.1 Å². The standard InChI is InChI=1S/C29H32F2N4O5S/c1-15-16(2)35-18(14-34(15)28(37)40-29(3,4)5)13-21(33-35)25-24(26-19(7-10-41-26)27(36)32-25)23-20(31)11-17(30)12-22(23)39-9-8-38-6/h7,10-13,15-16H,8-9,14H2,1-6H3,(H,32,36)/t15-,16-/m1/s1. The molecule has 0 fully saturated rings. The maximum Gasteiger partial charge on any atom is 0.410 e. The van der Waals surface area contributed by atoms with Gasteiger partial charge in [-0.25, -0.2) is 18.6 Å². The zero-order valence-corrected chi connectivity index (χ0v) is 24.5. The van der Waals surface area contributed by atoms with Crippen LogP contribution in [-0.2, 0) is 16.0 Å². The van der Waals surface area contributed by atoms with Crippen molar-refractivity contribution in [3.63, 3.8) is 0 Å². The average molecular weight is 587 g/mol. The van der Waals surface area contributed by atoms with Crippen molar-refractivity contribution in [3.8, 4) is 34.1 Å². The molecule has 1 aliphatic heterocycles. The molecule has 218 valence electrons. The van der Waals surface area contributed by atoms with Gasteiger partial charge in [0.2, 0.25) is 5.88 Å². The van der Waals surface area contributed by atoms with Crippen LogP contribution >= 0.6 is 11.3 Å². The van der Waals surface area contributed by atoms with E-state index in [0.717, 1.165) is 12.1 Å². The first-order chi connectivity index (χ1) is 19.4. The Hall–Kier alpha value is -3.77. The fourth-order valence-electron chi connectivity index (χ4n) is 4.92. The number of fused-ring (bicyclic) bond motifs is 2. The monoisotopic (exact) mass is 586 g/mol. The van der Waals surface area contributed by atoms with Crippen LogP contribution in [0.5, 0.6) is 11.6 Å². The Morgan fingerprint density at radius 1 is 1.15 bits per heavy atom. The summed E-state index contributed by atoms with van der Waals surface area (Å²) >= 11 is 1.28. The quantitative estimate of drug-likeness (QED) is 0.256. The number of amides is 1. The summed E-state index contributed by atoms with van der Waals surface area (Å²) in [5, 5.41) is 17.8. The normalized spacial score (nSPS) is 17.1. The van der Waals surface area contributed by atoms with Crippen LogP contribution in [0.4, 0.5) is 13.6 Å². The van der Waals surface area contributed by atoms with Gasteiger partial charge in [-0.2, -0.15) is 5.10 Å². The number of nitrogens with zero attached hydrogens (tertiary/aromatic N) is 4. The third-order valence-corrected chi connectivity index (χ3v) is 7.93. The molecule has 0 spiro atoms. The number of ether oxygens (including phenoxy) is 3. The van der Waals surface area contributed by atoms with Gasteiger partial charge in [0.15, 0.2) is 0 Å². The molecular weight excluding hydrogens is 554 g/mol. The van der Waals surface area contributed by atoms with Crippen molar-refractivity contribution >= 4 is 27.5 Å². The van der Waals surface area contributed by atoms with Crippen LogP contribution in [0.3, 0.4) is 0 Å². The van der Waals surface area contributed by atoms with Crippen LogP contribution in [-0.4, -0.2) is 62.8 Å². The van der Waals surface area contributed by atoms with Gasteiger partial charge in [0.1, 0.15) is 41.0 Å². The summed E-state index contributed by atoms with van der Waals surface area (Å²) in [6, 6.07) is 4.89. The fraction of sp³-hybridized carbons (Fsp3) is 0.414. The first kappa shape index (κ1) is 28.7. The number of halogens is 2. The van der Waals surface area contributed by atoms with E-state index in [2.05, 4.69) is 4.98 Å². The van der Waals surface area contributed by atoms with Crippen LogP contribution in [0.15, 0.2) is 29.6 Å². The topological polar surface area (TPSA) is 98.9 Å². The summed E-state index contributed by atoms with van der Waals surface area (Å²) in [6.07, 6.45) is -0.437. The summed E-state index contributed by atoms with van der Waals surface area (Å²) in [4.78, 5) is 19.1. The molecule has 1 amide bonds. The second-order valence-corrected chi connectivity index (χ2v) is 11.9. The molecule has 5 rings (SSSR count). The Morgan fingerprint density at radius 3 is 2.61 bits per heavy atom. The summed E-state index contributed by atoms with van der Waals surface area (Å²) in [6.45, 7) is 9.81. The van der Waals surface area contributed by atoms with Crippen molar-refractivity contribution in [3.05, 3.63) is 47.0 Å². The van der Waals surface area contributed by atoms with Crippen molar-refractivity contribution in [1.29, 1.82) is 0 Å². The Kier molecular flexibility index (Phi) is 7.64. The first-order valence-corrected chi connectivity index (χ1v) is 14.1. The molecule has 0 saturated carbocycles. The molecule has 12 heteroatoms. The lowest BCUT2D eigenvalue weighted by atomic mass is 9.98. The van der Waals surface area contributed by atoms with Crippen molar-refractivity contribution in [2.24, 2.45) is 0 Å². The number of hydrogen-bond acceptors (Lipinski definition) is 8. The molecule has 2 atom stereocenters. The smallest absolute Gasteiger partial charge is 0.410 e. The zero-order chi connectivity index (χ0) is 29.6. The number of methoxy groups -OCH3 is 1. The van der Waals surface area contributed by atoms with Crippen molar-refractivity contribution in [2.75, 3.05) is 20.3 Å². The molecule has 0 radical (unpaired) electrons. The molecule has 4 aromatic rings. The third-order valence-electron chi connectivity index (χ3n) is 6.99. The molecule has 1 aromatic carbocycles. The Balaban J connectivity index is 1.67. The van der Waals surface area contributed by atoms with Crippen molar-refractivity contribution in [1.82, 2.24) is 19.7 Å². The van der Waals surface area contributed by atoms with Crippen molar-refractivity contribution in [2.45, 2.75) is 58.8 Å². The first-order valence-electron chi connectivity index (χ1n) is 13.2. The Labute approximate surface area is 240 Å². The largest absolute Gasteiger partial charge is 0.493 e. The molecule has 1 N–H and O–H groups in total. The lowest BCUT2D eigenvalue weighted by Crippen LogP contribution is -2.48. The molecule has 1 aliphatic rings. The number of benzene rings is 1. The fourth-order valence-corrected chi connectivity index (χ4v) is 5.86. The summed E-state index contributed by atoms with van der Waals surface area (Å²) in [7, 11) is 1.50. The van der Waals surface area contributed by atoms with E-state index in [0.29, 0.717) is 27.0 Å². The highest BCUT2D eigenvalue weighted by atomic mass is 32.1. The number of carbonyl (C=O) groups excluding carboxylic acids is 1. The highest BCUT2D eigenvalue weighted by Crippen LogP contribution is 2.47. The second-order valence-electron chi connectivity index (χ2n) is 11.0. The predicted molar refractivity (Wildman–Crippen MR) is 151 cm³/mol. The minimum absolute atomic E-state index is 0.000207. The minimum Gasteiger partial charge on any atom is -0.493 e. The maximum atomic E-state index is 15.6. The SMILES string of the molecule is COCCOc1cc(F)cc(F)c1-c1c(-c2cc3n(n2)[C@H](C)[C@@H](C)N(C(=O)OC(C)(C)C)C3)nc(O)c2ccsc12. The highest BCUT2D eigenvalue weighted by molar-refractivity contribution is 7.17. The molecule has 4 heterocycles. The van der Waals surface area contributed by atoms with E-state index >= 15 is 4.39 Å². The molecule has 3 aromatic heterocycles. The number of pyridine rings is 1. The van der Waals surface area contributed by atoms with E-state index in [1.807, 2.05) is 34.6 Å². The number of rotatable bonds is 6. The molecule has 0 unspecified atom stereocenters. The van der Waals surface area contributed by atoms with E-state index in [1.54, 1.807) is 27.1 Å². The van der Waals surface area contributed by atoms with Gasteiger partial charge >= 0.3 is 6.09 Å². The van der Waals surface area contributed by atoms with E-state index in [9.17, 15) is 14.3 Å². The van der Waals surface area contributed by atoms with E-state index in [4.69, 9.17) is 19.3 Å². The van der Waals surface area contributed by atoms with Gasteiger partial charge in [-0.15, -0.1) is 11.3 Å². The molecule has 0 aliphatic carbocycles.